The molecule has 0 saturated carbocycles. The van der Waals surface area contributed by atoms with E-state index in [-0.39, 0.29) is 18.2 Å². The highest BCUT2D eigenvalue weighted by Crippen LogP contribution is 2.23. The summed E-state index contributed by atoms with van der Waals surface area (Å²) in [6.45, 7) is 2.36. The van der Waals surface area contributed by atoms with E-state index in [9.17, 15) is 18.0 Å². The van der Waals surface area contributed by atoms with Gasteiger partial charge in [-0.3, -0.25) is 14.4 Å². The summed E-state index contributed by atoms with van der Waals surface area (Å²) in [7, 11) is 3.48. The summed E-state index contributed by atoms with van der Waals surface area (Å²) in [6, 6.07) is 7.31. The van der Waals surface area contributed by atoms with Crippen LogP contribution in [0.2, 0.25) is 0 Å². The Balaban J connectivity index is 1.86. The van der Waals surface area contributed by atoms with E-state index in [1.165, 1.54) is 24.3 Å². The van der Waals surface area contributed by atoms with E-state index in [4.69, 9.17) is 0 Å². The molecular weight excluding hydrogens is 337 g/mol. The fourth-order valence-electron chi connectivity index (χ4n) is 2.32. The molecule has 0 spiro atoms. The number of aryl methyl sites for hydroxylation is 2. The average Bonchev–Trinajstić information content (AvgIpc) is 2.77. The molecule has 0 aliphatic carbocycles. The van der Waals surface area contributed by atoms with E-state index in [1.54, 1.807) is 29.7 Å². The summed E-state index contributed by atoms with van der Waals surface area (Å²) < 4.78 is 41.8. The molecule has 1 heterocycles. The highest BCUT2D eigenvalue weighted by molar-refractivity contribution is 5.91. The molecule has 1 aromatic heterocycles. The first kappa shape index (κ1) is 18.8. The Morgan fingerprint density at radius 1 is 1.32 bits per heavy atom. The number of carbonyl (C=O) groups is 1. The third-order valence-corrected chi connectivity index (χ3v) is 3.29. The van der Waals surface area contributed by atoms with Crippen molar-refractivity contribution in [3.63, 3.8) is 0 Å². The van der Waals surface area contributed by atoms with Gasteiger partial charge in [0.15, 0.2) is 0 Å². The first-order valence-electron chi connectivity index (χ1n) is 7.46. The van der Waals surface area contributed by atoms with E-state index in [2.05, 4.69) is 15.2 Å². The normalized spacial score (nSPS) is 11.6. The molecule has 0 saturated heterocycles. The molecule has 9 heteroatoms. The fraction of sp³-hybridized carbons (Fsp3) is 0.375. The first-order chi connectivity index (χ1) is 11.6. The molecule has 25 heavy (non-hydrogen) atoms. The van der Waals surface area contributed by atoms with Crippen molar-refractivity contribution in [1.82, 2.24) is 14.7 Å². The molecule has 0 bridgehead atoms. The molecule has 0 radical (unpaired) electrons. The molecule has 0 atom stereocenters. The van der Waals surface area contributed by atoms with Gasteiger partial charge in [0.05, 0.1) is 12.2 Å². The predicted molar refractivity (Wildman–Crippen MR) is 86.0 cm³/mol. The van der Waals surface area contributed by atoms with Crippen LogP contribution in [0, 0.1) is 6.92 Å². The van der Waals surface area contributed by atoms with Crippen LogP contribution in [0.3, 0.4) is 0 Å². The summed E-state index contributed by atoms with van der Waals surface area (Å²) in [6.07, 6.45) is -4.71. The van der Waals surface area contributed by atoms with E-state index >= 15 is 0 Å². The third-order valence-electron chi connectivity index (χ3n) is 3.29. The monoisotopic (exact) mass is 356 g/mol. The third kappa shape index (κ3) is 6.11. The Morgan fingerprint density at radius 3 is 2.48 bits per heavy atom. The van der Waals surface area contributed by atoms with Crippen LogP contribution >= 0.6 is 0 Å². The van der Waals surface area contributed by atoms with Gasteiger partial charge in [0, 0.05) is 19.7 Å². The number of hydrogen-bond donors (Lipinski definition) is 1. The SMILES string of the molecule is Cc1cc(NC(=O)CN(C)Cc2ccc(OC(F)(F)F)cc2)n(C)n1. The van der Waals surface area contributed by atoms with Gasteiger partial charge in [-0.1, -0.05) is 12.1 Å². The number of hydrogen-bond acceptors (Lipinski definition) is 4. The molecule has 1 aromatic carbocycles. The van der Waals surface area contributed by atoms with E-state index in [1.807, 2.05) is 6.92 Å². The number of anilines is 1. The van der Waals surface area contributed by atoms with Gasteiger partial charge >= 0.3 is 6.36 Å². The van der Waals surface area contributed by atoms with Gasteiger partial charge in [-0.05, 0) is 31.7 Å². The van der Waals surface area contributed by atoms with Crippen molar-refractivity contribution in [2.24, 2.45) is 7.05 Å². The van der Waals surface area contributed by atoms with Crippen molar-refractivity contribution in [2.75, 3.05) is 18.9 Å². The van der Waals surface area contributed by atoms with Gasteiger partial charge < -0.3 is 10.1 Å². The predicted octanol–water partition coefficient (Wildman–Crippen LogP) is 2.70. The molecule has 2 rings (SSSR count). The van der Waals surface area contributed by atoms with Crippen molar-refractivity contribution < 1.29 is 22.7 Å². The van der Waals surface area contributed by atoms with Crippen LogP contribution in [0.25, 0.3) is 0 Å². The summed E-state index contributed by atoms with van der Waals surface area (Å²) in [4.78, 5) is 13.8. The molecule has 1 amide bonds. The van der Waals surface area contributed by atoms with Crippen LogP contribution in [0.4, 0.5) is 19.0 Å². The maximum absolute atomic E-state index is 12.1. The highest BCUT2D eigenvalue weighted by atomic mass is 19.4. The van der Waals surface area contributed by atoms with Crippen LogP contribution in [0.15, 0.2) is 30.3 Å². The number of nitrogens with one attached hydrogen (secondary N) is 1. The molecule has 136 valence electrons. The first-order valence-corrected chi connectivity index (χ1v) is 7.46. The summed E-state index contributed by atoms with van der Waals surface area (Å²) >= 11 is 0. The number of ether oxygens (including phenoxy) is 1. The molecule has 2 aromatic rings. The van der Waals surface area contributed by atoms with Crippen LogP contribution in [-0.4, -0.2) is 40.5 Å². The lowest BCUT2D eigenvalue weighted by atomic mass is 10.2. The van der Waals surface area contributed by atoms with Crippen molar-refractivity contribution in [2.45, 2.75) is 19.8 Å². The second-order valence-corrected chi connectivity index (χ2v) is 5.71. The number of rotatable bonds is 6. The van der Waals surface area contributed by atoms with Crippen molar-refractivity contribution in [3.05, 3.63) is 41.6 Å². The number of halogens is 3. The van der Waals surface area contributed by atoms with Gasteiger partial charge in [-0.2, -0.15) is 5.10 Å². The van der Waals surface area contributed by atoms with E-state index < -0.39 is 6.36 Å². The molecule has 6 nitrogen and oxygen atoms in total. The second kappa shape index (κ2) is 7.56. The zero-order chi connectivity index (χ0) is 18.6. The molecule has 1 N–H and O–H groups in total. The maximum Gasteiger partial charge on any atom is 0.573 e. The highest BCUT2D eigenvalue weighted by Gasteiger charge is 2.30. The zero-order valence-electron chi connectivity index (χ0n) is 14.1. The van der Waals surface area contributed by atoms with Crippen LogP contribution in [0.1, 0.15) is 11.3 Å². The van der Waals surface area contributed by atoms with Crippen LogP contribution in [-0.2, 0) is 18.4 Å². The number of benzene rings is 1. The minimum atomic E-state index is -4.71. The molecule has 0 aliphatic rings. The Labute approximate surface area is 143 Å². The topological polar surface area (TPSA) is 59.4 Å². The Kier molecular flexibility index (Phi) is 5.68. The van der Waals surface area contributed by atoms with Crippen LogP contribution in [0.5, 0.6) is 5.75 Å². The summed E-state index contributed by atoms with van der Waals surface area (Å²) in [5.41, 5.74) is 1.56. The van der Waals surface area contributed by atoms with Gasteiger partial charge in [-0.25, -0.2) is 0 Å². The number of alkyl halides is 3. The molecule has 0 unspecified atom stereocenters. The van der Waals surface area contributed by atoms with E-state index in [0.29, 0.717) is 12.4 Å². The lowest BCUT2D eigenvalue weighted by Gasteiger charge is -2.17. The zero-order valence-corrected chi connectivity index (χ0v) is 14.1. The van der Waals surface area contributed by atoms with Gasteiger partial charge in [0.2, 0.25) is 5.91 Å². The minimum absolute atomic E-state index is 0.130. The summed E-state index contributed by atoms with van der Waals surface area (Å²) in [5.74, 6) is 0.121. The van der Waals surface area contributed by atoms with Crippen LogP contribution < -0.4 is 10.1 Å². The average molecular weight is 356 g/mol. The van der Waals surface area contributed by atoms with Gasteiger partial charge in [0.25, 0.3) is 0 Å². The van der Waals surface area contributed by atoms with Crippen molar-refractivity contribution in [1.29, 1.82) is 0 Å². The maximum atomic E-state index is 12.1. The Morgan fingerprint density at radius 2 is 1.96 bits per heavy atom. The number of nitrogens with zero attached hydrogens (tertiary/aromatic N) is 3. The standard InChI is InChI=1S/C16H19F3N4O2/c1-11-8-14(23(3)21-11)20-15(24)10-22(2)9-12-4-6-13(7-5-12)25-16(17,18)19/h4-8H,9-10H2,1-3H3,(H,20,24). The number of likely N-dealkylation sites (N-methyl/N-ethyl adjacent to an activating group) is 1. The number of amides is 1. The quantitative estimate of drug-likeness (QED) is 0.865. The van der Waals surface area contributed by atoms with Gasteiger partial charge in [0.1, 0.15) is 11.6 Å². The lowest BCUT2D eigenvalue weighted by molar-refractivity contribution is -0.274. The Hall–Kier alpha value is -2.55. The molecule has 0 fully saturated rings. The largest absolute Gasteiger partial charge is 0.573 e. The Bertz CT molecular complexity index is 726. The second-order valence-electron chi connectivity index (χ2n) is 5.71. The fourth-order valence-corrected chi connectivity index (χ4v) is 2.32. The summed E-state index contributed by atoms with van der Waals surface area (Å²) in [5, 5.41) is 6.90. The number of carbonyl (C=O) groups excluding carboxylic acids is 1. The lowest BCUT2D eigenvalue weighted by Crippen LogP contribution is -2.30. The number of aromatic nitrogens is 2. The van der Waals surface area contributed by atoms with Gasteiger partial charge in [-0.15, -0.1) is 13.2 Å². The minimum Gasteiger partial charge on any atom is -0.406 e. The van der Waals surface area contributed by atoms with Crippen molar-refractivity contribution >= 4 is 11.7 Å². The van der Waals surface area contributed by atoms with E-state index in [0.717, 1.165) is 11.3 Å². The smallest absolute Gasteiger partial charge is 0.406 e. The molecule has 0 aliphatic heterocycles. The molecular formula is C16H19F3N4O2. The van der Waals surface area contributed by atoms with Crippen molar-refractivity contribution in [3.8, 4) is 5.75 Å².